The van der Waals surface area contributed by atoms with Gasteiger partial charge in [0.25, 0.3) is 5.69 Å². The van der Waals surface area contributed by atoms with Crippen molar-refractivity contribution in [2.75, 3.05) is 7.11 Å². The standard InChI is InChI=1S/C14H11Br2NO4/c1-20-14-7-11(17(18)19)3-5-13(14)21-12-4-2-10(16)6-9(12)8-15/h2-7H,8H2,1H3. The molecule has 5 nitrogen and oxygen atoms in total. The van der Waals surface area contributed by atoms with Crippen molar-refractivity contribution in [1.29, 1.82) is 0 Å². The van der Waals surface area contributed by atoms with Gasteiger partial charge in [0.1, 0.15) is 5.75 Å². The molecule has 0 aromatic heterocycles. The van der Waals surface area contributed by atoms with E-state index in [4.69, 9.17) is 9.47 Å². The average molecular weight is 417 g/mol. The number of nitro benzene ring substituents is 1. The van der Waals surface area contributed by atoms with Gasteiger partial charge in [0, 0.05) is 21.4 Å². The number of hydrogen-bond donors (Lipinski definition) is 0. The van der Waals surface area contributed by atoms with Crippen LogP contribution in [0.15, 0.2) is 40.9 Å². The number of non-ortho nitro benzene ring substituents is 1. The lowest BCUT2D eigenvalue weighted by molar-refractivity contribution is -0.384. The number of alkyl halides is 1. The van der Waals surface area contributed by atoms with Gasteiger partial charge in [-0.15, -0.1) is 0 Å². The molecule has 21 heavy (non-hydrogen) atoms. The van der Waals surface area contributed by atoms with Gasteiger partial charge in [0.2, 0.25) is 0 Å². The molecule has 0 aliphatic carbocycles. The fourth-order valence-electron chi connectivity index (χ4n) is 1.72. The molecule has 0 aliphatic heterocycles. The van der Waals surface area contributed by atoms with Crippen LogP contribution in [-0.2, 0) is 5.33 Å². The third-order valence-electron chi connectivity index (χ3n) is 2.74. The average Bonchev–Trinajstić information content (AvgIpc) is 2.49. The lowest BCUT2D eigenvalue weighted by Gasteiger charge is -2.12. The number of hydrogen-bond acceptors (Lipinski definition) is 4. The molecular formula is C14H11Br2NO4. The van der Waals surface area contributed by atoms with Crippen LogP contribution in [0, 0.1) is 10.1 Å². The summed E-state index contributed by atoms with van der Waals surface area (Å²) < 4.78 is 11.9. The quantitative estimate of drug-likeness (QED) is 0.388. The Morgan fingerprint density at radius 1 is 1.14 bits per heavy atom. The van der Waals surface area contributed by atoms with Gasteiger partial charge in [-0.2, -0.15) is 0 Å². The molecule has 0 spiro atoms. The van der Waals surface area contributed by atoms with Crippen molar-refractivity contribution in [2.24, 2.45) is 0 Å². The van der Waals surface area contributed by atoms with Gasteiger partial charge < -0.3 is 9.47 Å². The summed E-state index contributed by atoms with van der Waals surface area (Å²) in [7, 11) is 1.44. The number of halogens is 2. The molecule has 110 valence electrons. The summed E-state index contributed by atoms with van der Waals surface area (Å²) in [5, 5.41) is 11.4. The molecule has 0 amide bonds. The van der Waals surface area contributed by atoms with Crippen LogP contribution in [0.4, 0.5) is 5.69 Å². The highest BCUT2D eigenvalue weighted by molar-refractivity contribution is 9.10. The van der Waals surface area contributed by atoms with Gasteiger partial charge >= 0.3 is 0 Å². The maximum Gasteiger partial charge on any atom is 0.273 e. The fourth-order valence-corrected chi connectivity index (χ4v) is 2.57. The lowest BCUT2D eigenvalue weighted by atomic mass is 10.2. The topological polar surface area (TPSA) is 61.6 Å². The van der Waals surface area contributed by atoms with Crippen LogP contribution in [0.25, 0.3) is 0 Å². The summed E-state index contributed by atoms with van der Waals surface area (Å²) in [5.41, 5.74) is 0.903. The van der Waals surface area contributed by atoms with Crippen molar-refractivity contribution in [3.8, 4) is 17.2 Å². The number of rotatable bonds is 5. The third kappa shape index (κ3) is 3.74. The number of methoxy groups -OCH3 is 1. The first-order valence-corrected chi connectivity index (χ1v) is 7.81. The van der Waals surface area contributed by atoms with Crippen molar-refractivity contribution in [1.82, 2.24) is 0 Å². The largest absolute Gasteiger partial charge is 0.493 e. The van der Waals surface area contributed by atoms with E-state index in [1.54, 1.807) is 0 Å². The van der Waals surface area contributed by atoms with Crippen molar-refractivity contribution in [3.63, 3.8) is 0 Å². The summed E-state index contributed by atoms with van der Waals surface area (Å²) in [5.74, 6) is 1.39. The Balaban J connectivity index is 2.37. The third-order valence-corrected chi connectivity index (χ3v) is 3.84. The number of nitro groups is 1. The molecule has 0 aliphatic rings. The van der Waals surface area contributed by atoms with Crippen LogP contribution in [0.1, 0.15) is 5.56 Å². The molecule has 0 fully saturated rings. The van der Waals surface area contributed by atoms with Gasteiger partial charge in [-0.1, -0.05) is 31.9 Å². The first-order valence-electron chi connectivity index (χ1n) is 5.90. The van der Waals surface area contributed by atoms with Crippen molar-refractivity contribution >= 4 is 37.5 Å². The maximum absolute atomic E-state index is 10.8. The molecule has 0 N–H and O–H groups in total. The Morgan fingerprint density at radius 3 is 2.48 bits per heavy atom. The molecule has 0 bridgehead atoms. The van der Waals surface area contributed by atoms with Gasteiger partial charge in [-0.05, 0) is 24.3 Å². The second kappa shape index (κ2) is 6.91. The second-order valence-corrected chi connectivity index (χ2v) is 5.56. The molecule has 0 radical (unpaired) electrons. The van der Waals surface area contributed by atoms with Crippen molar-refractivity contribution in [3.05, 3.63) is 56.5 Å². The monoisotopic (exact) mass is 415 g/mol. The molecule has 0 atom stereocenters. The van der Waals surface area contributed by atoms with E-state index in [0.29, 0.717) is 22.6 Å². The van der Waals surface area contributed by atoms with Crippen LogP contribution < -0.4 is 9.47 Å². The van der Waals surface area contributed by atoms with Crippen molar-refractivity contribution in [2.45, 2.75) is 5.33 Å². The highest BCUT2D eigenvalue weighted by atomic mass is 79.9. The number of nitrogens with zero attached hydrogens (tertiary/aromatic N) is 1. The molecule has 0 unspecified atom stereocenters. The van der Waals surface area contributed by atoms with Gasteiger partial charge in [-0.3, -0.25) is 10.1 Å². The molecule has 2 aromatic rings. The summed E-state index contributed by atoms with van der Waals surface area (Å²) in [6.45, 7) is 0. The Morgan fingerprint density at radius 2 is 1.86 bits per heavy atom. The minimum absolute atomic E-state index is 0.0456. The first-order chi connectivity index (χ1) is 10.0. The number of ether oxygens (including phenoxy) is 2. The zero-order valence-corrected chi connectivity index (χ0v) is 14.2. The SMILES string of the molecule is COc1cc([N+](=O)[O-])ccc1Oc1ccc(Br)cc1CBr. The van der Waals surface area contributed by atoms with Crippen LogP contribution in [-0.4, -0.2) is 12.0 Å². The van der Waals surface area contributed by atoms with Gasteiger partial charge in [-0.25, -0.2) is 0 Å². The Kier molecular flexibility index (Phi) is 5.19. The van der Waals surface area contributed by atoms with E-state index < -0.39 is 4.92 Å². The molecule has 0 heterocycles. The fraction of sp³-hybridized carbons (Fsp3) is 0.143. The zero-order chi connectivity index (χ0) is 15.4. The summed E-state index contributed by atoms with van der Waals surface area (Å²) in [6.07, 6.45) is 0. The Bertz CT molecular complexity index is 676. The Labute approximate surface area is 138 Å². The number of benzene rings is 2. The van der Waals surface area contributed by atoms with E-state index >= 15 is 0 Å². The lowest BCUT2D eigenvalue weighted by Crippen LogP contribution is -1.95. The predicted molar refractivity (Wildman–Crippen MR) is 86.5 cm³/mol. The molecule has 0 saturated heterocycles. The molecule has 2 rings (SSSR count). The van der Waals surface area contributed by atoms with E-state index in [1.165, 1.54) is 25.3 Å². The minimum atomic E-state index is -0.476. The van der Waals surface area contributed by atoms with E-state index in [1.807, 2.05) is 18.2 Å². The highest BCUT2D eigenvalue weighted by Crippen LogP contribution is 2.36. The van der Waals surface area contributed by atoms with Crippen LogP contribution in [0.5, 0.6) is 17.2 Å². The maximum atomic E-state index is 10.8. The normalized spacial score (nSPS) is 10.2. The van der Waals surface area contributed by atoms with E-state index in [9.17, 15) is 10.1 Å². The summed E-state index contributed by atoms with van der Waals surface area (Å²) >= 11 is 6.80. The molecule has 0 saturated carbocycles. The predicted octanol–water partition coefficient (Wildman–Crippen LogP) is 5.05. The molecule has 7 heteroatoms. The first kappa shape index (κ1) is 15.8. The minimum Gasteiger partial charge on any atom is -0.493 e. The van der Waals surface area contributed by atoms with E-state index in [2.05, 4.69) is 31.9 Å². The van der Waals surface area contributed by atoms with Crippen LogP contribution in [0.2, 0.25) is 0 Å². The molecule has 2 aromatic carbocycles. The van der Waals surface area contributed by atoms with E-state index in [-0.39, 0.29) is 5.69 Å². The van der Waals surface area contributed by atoms with Gasteiger partial charge in [0.15, 0.2) is 11.5 Å². The summed E-state index contributed by atoms with van der Waals surface area (Å²) in [6, 6.07) is 9.85. The summed E-state index contributed by atoms with van der Waals surface area (Å²) in [4.78, 5) is 10.3. The van der Waals surface area contributed by atoms with Crippen LogP contribution in [0.3, 0.4) is 0 Å². The van der Waals surface area contributed by atoms with E-state index in [0.717, 1.165) is 10.0 Å². The zero-order valence-electron chi connectivity index (χ0n) is 11.0. The van der Waals surface area contributed by atoms with Crippen LogP contribution >= 0.6 is 31.9 Å². The smallest absolute Gasteiger partial charge is 0.273 e. The highest BCUT2D eigenvalue weighted by Gasteiger charge is 2.14. The Hall–Kier alpha value is -1.60. The second-order valence-electron chi connectivity index (χ2n) is 4.08. The van der Waals surface area contributed by atoms with Gasteiger partial charge in [0.05, 0.1) is 18.1 Å². The molecular weight excluding hydrogens is 406 g/mol. The van der Waals surface area contributed by atoms with Crippen molar-refractivity contribution < 1.29 is 14.4 Å².